The molecule has 0 saturated heterocycles. The molecule has 6 nitrogen and oxygen atoms in total. The molecule has 0 spiro atoms. The van der Waals surface area contributed by atoms with E-state index in [1.54, 1.807) is 31.2 Å². The van der Waals surface area contributed by atoms with Gasteiger partial charge in [-0.3, -0.25) is 9.59 Å². The van der Waals surface area contributed by atoms with Crippen LogP contribution in [0.15, 0.2) is 60.7 Å². The average Bonchev–Trinajstić information content (AvgIpc) is 2.66. The summed E-state index contributed by atoms with van der Waals surface area (Å²) in [6, 6.07) is 14.4. The zero-order valence-electron chi connectivity index (χ0n) is 15.7. The van der Waals surface area contributed by atoms with Gasteiger partial charge in [0.2, 0.25) is 11.8 Å². The molecule has 0 bridgehead atoms. The number of carbonyl (C=O) groups is 2. The molecule has 0 unspecified atom stereocenters. The van der Waals surface area contributed by atoms with Crippen LogP contribution in [0.3, 0.4) is 0 Å². The molecule has 0 aromatic heterocycles. The molecule has 0 atom stereocenters. The Balaban J connectivity index is 1.87. The van der Waals surface area contributed by atoms with Crippen LogP contribution in [0.2, 0.25) is 0 Å². The number of anilines is 3. The second-order valence-electron chi connectivity index (χ2n) is 6.12. The molecule has 2 amide bonds. The largest absolute Gasteiger partial charge is 0.487 e. The molecule has 3 N–H and O–H groups in total. The lowest BCUT2D eigenvalue weighted by atomic mass is 10.2. The van der Waals surface area contributed by atoms with E-state index in [2.05, 4.69) is 22.5 Å². The maximum absolute atomic E-state index is 12.2. The third-order valence-corrected chi connectivity index (χ3v) is 3.57. The van der Waals surface area contributed by atoms with E-state index < -0.39 is 0 Å². The fourth-order valence-electron chi connectivity index (χ4n) is 2.21. The summed E-state index contributed by atoms with van der Waals surface area (Å²) in [5.41, 5.74) is 3.01. The Bertz CT molecular complexity index is 801. The number of rotatable bonds is 9. The topological polar surface area (TPSA) is 79.5 Å². The van der Waals surface area contributed by atoms with Gasteiger partial charge in [-0.1, -0.05) is 25.6 Å². The monoisotopic (exact) mass is 367 g/mol. The Labute approximate surface area is 159 Å². The molecule has 0 aliphatic heterocycles. The lowest BCUT2D eigenvalue weighted by Gasteiger charge is -2.13. The molecule has 0 heterocycles. The van der Waals surface area contributed by atoms with Gasteiger partial charge in [-0.05, 0) is 48.9 Å². The van der Waals surface area contributed by atoms with E-state index in [1.165, 1.54) is 0 Å². The molecular weight excluding hydrogens is 342 g/mol. The highest BCUT2D eigenvalue weighted by molar-refractivity contribution is 5.95. The van der Waals surface area contributed by atoms with E-state index in [9.17, 15) is 9.59 Å². The summed E-state index contributed by atoms with van der Waals surface area (Å²) in [4.78, 5) is 23.5. The summed E-state index contributed by atoms with van der Waals surface area (Å²) < 4.78 is 5.67. The smallest absolute Gasteiger partial charge is 0.243 e. The highest BCUT2D eigenvalue weighted by Gasteiger charge is 2.07. The van der Waals surface area contributed by atoms with Gasteiger partial charge in [-0.15, -0.1) is 0 Å². The number of nitrogens with one attached hydrogen (secondary N) is 3. The van der Waals surface area contributed by atoms with Crippen molar-refractivity contribution < 1.29 is 14.3 Å². The van der Waals surface area contributed by atoms with Gasteiger partial charge in [0.15, 0.2) is 0 Å². The Morgan fingerprint density at radius 3 is 2.15 bits per heavy atom. The van der Waals surface area contributed by atoms with E-state index in [-0.39, 0.29) is 18.4 Å². The van der Waals surface area contributed by atoms with Crippen LogP contribution >= 0.6 is 0 Å². The number of carbonyl (C=O) groups excluding carboxylic acids is 2. The summed E-state index contributed by atoms with van der Waals surface area (Å²) >= 11 is 0. The van der Waals surface area contributed by atoms with Crippen molar-refractivity contribution in [3.63, 3.8) is 0 Å². The van der Waals surface area contributed by atoms with Crippen LogP contribution in [-0.2, 0) is 9.59 Å². The van der Waals surface area contributed by atoms with E-state index in [4.69, 9.17) is 4.74 Å². The summed E-state index contributed by atoms with van der Waals surface area (Å²) in [5, 5.41) is 8.65. The number of amides is 2. The molecule has 2 aromatic rings. The molecule has 142 valence electrons. The quantitative estimate of drug-likeness (QED) is 0.585. The Morgan fingerprint density at radius 2 is 1.56 bits per heavy atom. The lowest BCUT2D eigenvalue weighted by molar-refractivity contribution is -0.116. The van der Waals surface area contributed by atoms with Crippen molar-refractivity contribution >= 4 is 28.9 Å². The number of ether oxygens (including phenoxy) is 1. The van der Waals surface area contributed by atoms with Crippen LogP contribution < -0.4 is 20.7 Å². The molecule has 6 heteroatoms. The first-order valence-electron chi connectivity index (χ1n) is 8.77. The van der Waals surface area contributed by atoms with Gasteiger partial charge in [0, 0.05) is 17.8 Å². The zero-order chi connectivity index (χ0) is 19.6. The zero-order valence-corrected chi connectivity index (χ0v) is 15.7. The van der Waals surface area contributed by atoms with Crippen molar-refractivity contribution in [2.45, 2.75) is 20.3 Å². The SMILES string of the molecule is C=C(C)COc1ccccc1NCC(=O)Nc1ccc(NC(=O)CC)cc1. The maximum atomic E-state index is 12.2. The predicted octanol–water partition coefficient (Wildman–Crippen LogP) is 4.04. The van der Waals surface area contributed by atoms with Crippen molar-refractivity contribution in [1.82, 2.24) is 0 Å². The molecule has 2 aromatic carbocycles. The molecule has 0 aliphatic carbocycles. The van der Waals surface area contributed by atoms with Crippen molar-refractivity contribution in [3.8, 4) is 5.75 Å². The number of hydrogen-bond acceptors (Lipinski definition) is 4. The second kappa shape index (κ2) is 10.0. The van der Waals surface area contributed by atoms with Crippen LogP contribution in [0.4, 0.5) is 17.1 Å². The van der Waals surface area contributed by atoms with Gasteiger partial charge in [-0.2, -0.15) is 0 Å². The van der Waals surface area contributed by atoms with Crippen molar-refractivity contribution in [2.24, 2.45) is 0 Å². The molecule has 2 rings (SSSR count). The predicted molar refractivity (Wildman–Crippen MR) is 109 cm³/mol. The summed E-state index contributed by atoms with van der Waals surface area (Å²) in [7, 11) is 0. The fourth-order valence-corrected chi connectivity index (χ4v) is 2.21. The molecule has 0 radical (unpaired) electrons. The highest BCUT2D eigenvalue weighted by atomic mass is 16.5. The highest BCUT2D eigenvalue weighted by Crippen LogP contribution is 2.24. The van der Waals surface area contributed by atoms with Crippen LogP contribution in [0.5, 0.6) is 5.75 Å². The van der Waals surface area contributed by atoms with E-state index in [1.807, 2.05) is 31.2 Å². The minimum absolute atomic E-state index is 0.0523. The van der Waals surface area contributed by atoms with Gasteiger partial charge >= 0.3 is 0 Å². The first-order chi connectivity index (χ1) is 13.0. The van der Waals surface area contributed by atoms with Crippen molar-refractivity contribution in [1.29, 1.82) is 0 Å². The normalized spacial score (nSPS) is 10.0. The van der Waals surface area contributed by atoms with Gasteiger partial charge < -0.3 is 20.7 Å². The Kier molecular flexibility index (Phi) is 7.43. The van der Waals surface area contributed by atoms with Crippen LogP contribution in [-0.4, -0.2) is 25.0 Å². The number of benzene rings is 2. The Hall–Kier alpha value is -3.28. The standard InChI is InChI=1S/C21H25N3O3/c1-4-20(25)23-16-9-11-17(12-10-16)24-21(26)13-22-18-7-5-6-8-19(18)27-14-15(2)3/h5-12,22H,2,4,13-14H2,1,3H3,(H,23,25)(H,24,26). The van der Waals surface area contributed by atoms with Gasteiger partial charge in [0.05, 0.1) is 12.2 Å². The number of hydrogen-bond donors (Lipinski definition) is 3. The summed E-state index contributed by atoms with van der Waals surface area (Å²) in [6.45, 7) is 8.02. The lowest BCUT2D eigenvalue weighted by Crippen LogP contribution is -2.22. The molecule has 0 saturated carbocycles. The third kappa shape index (κ3) is 6.86. The van der Waals surface area contributed by atoms with Gasteiger partial charge in [0.25, 0.3) is 0 Å². The van der Waals surface area contributed by atoms with Crippen LogP contribution in [0.25, 0.3) is 0 Å². The second-order valence-corrected chi connectivity index (χ2v) is 6.12. The molecule has 0 aliphatic rings. The van der Waals surface area contributed by atoms with Crippen LogP contribution in [0.1, 0.15) is 20.3 Å². The maximum Gasteiger partial charge on any atom is 0.243 e. The first-order valence-corrected chi connectivity index (χ1v) is 8.77. The fraction of sp³-hybridized carbons (Fsp3) is 0.238. The van der Waals surface area contributed by atoms with Gasteiger partial charge in [-0.25, -0.2) is 0 Å². The minimum Gasteiger partial charge on any atom is -0.487 e. The minimum atomic E-state index is -0.185. The Morgan fingerprint density at radius 1 is 0.963 bits per heavy atom. The van der Waals surface area contributed by atoms with E-state index in [0.717, 1.165) is 11.3 Å². The summed E-state index contributed by atoms with van der Waals surface area (Å²) in [6.07, 6.45) is 0.418. The first kappa shape index (κ1) is 20.0. The van der Waals surface area contributed by atoms with Crippen molar-refractivity contribution in [2.75, 3.05) is 29.1 Å². The molecule has 27 heavy (non-hydrogen) atoms. The molecule has 0 fully saturated rings. The van der Waals surface area contributed by atoms with E-state index in [0.29, 0.717) is 30.2 Å². The third-order valence-electron chi connectivity index (χ3n) is 3.57. The van der Waals surface area contributed by atoms with Crippen LogP contribution in [0, 0.1) is 0 Å². The molecular formula is C21H25N3O3. The summed E-state index contributed by atoms with van der Waals surface area (Å²) in [5.74, 6) is 0.433. The van der Waals surface area contributed by atoms with Crippen molar-refractivity contribution in [3.05, 3.63) is 60.7 Å². The van der Waals surface area contributed by atoms with E-state index >= 15 is 0 Å². The average molecular weight is 367 g/mol. The number of para-hydroxylation sites is 2. The van der Waals surface area contributed by atoms with Gasteiger partial charge in [0.1, 0.15) is 12.4 Å².